The third-order valence-corrected chi connectivity index (χ3v) is 3.45. The predicted octanol–water partition coefficient (Wildman–Crippen LogP) is 3.74. The summed E-state index contributed by atoms with van der Waals surface area (Å²) in [5.41, 5.74) is 1.45. The summed E-state index contributed by atoms with van der Waals surface area (Å²) in [7, 11) is 1.58. The van der Waals surface area contributed by atoms with E-state index in [4.69, 9.17) is 4.74 Å². The fraction of sp³-hybridized carbons (Fsp3) is 0.176. The molecule has 21 heavy (non-hydrogen) atoms. The maximum Gasteiger partial charge on any atom is 0.200 e. The van der Waals surface area contributed by atoms with E-state index >= 15 is 0 Å². The van der Waals surface area contributed by atoms with Crippen molar-refractivity contribution in [2.75, 3.05) is 7.11 Å². The first-order valence-electron chi connectivity index (χ1n) is 6.76. The van der Waals surface area contributed by atoms with Crippen LogP contribution >= 0.6 is 0 Å². The Morgan fingerprint density at radius 2 is 1.86 bits per heavy atom. The van der Waals surface area contributed by atoms with Crippen molar-refractivity contribution in [3.8, 4) is 5.75 Å². The molecule has 106 valence electrons. The highest BCUT2D eigenvalue weighted by Gasteiger charge is 2.27. The minimum Gasteiger partial charge on any atom is -0.494 e. The van der Waals surface area contributed by atoms with Gasteiger partial charge in [0.05, 0.1) is 7.11 Å². The molecule has 1 unspecified atom stereocenters. The van der Waals surface area contributed by atoms with Crippen LogP contribution in [0.1, 0.15) is 11.1 Å². The van der Waals surface area contributed by atoms with Crippen molar-refractivity contribution in [3.05, 3.63) is 65.7 Å². The van der Waals surface area contributed by atoms with E-state index < -0.39 is 5.72 Å². The Hall–Kier alpha value is -2.46. The molecular weight excluding hydrogens is 264 g/mol. The Balaban J connectivity index is 1.87. The molecule has 0 saturated heterocycles. The Kier molecular flexibility index (Phi) is 3.54. The minimum atomic E-state index is -1.31. The molecule has 0 aromatic heterocycles. The molecule has 0 amide bonds. The molecule has 1 atom stereocenters. The number of ether oxygens (including phenoxy) is 1. The normalized spacial score (nSPS) is 20.5. The van der Waals surface area contributed by atoms with Crippen molar-refractivity contribution in [2.45, 2.75) is 12.1 Å². The number of azo groups is 1. The van der Waals surface area contributed by atoms with Gasteiger partial charge in [-0.1, -0.05) is 42.5 Å². The number of fused-ring (bicyclic) bond motifs is 1. The van der Waals surface area contributed by atoms with E-state index in [-0.39, 0.29) is 0 Å². The monoisotopic (exact) mass is 280 g/mol. The fourth-order valence-electron chi connectivity index (χ4n) is 2.34. The molecular formula is C17H16N2O2. The van der Waals surface area contributed by atoms with Crippen molar-refractivity contribution in [1.82, 2.24) is 0 Å². The number of methoxy groups -OCH3 is 1. The van der Waals surface area contributed by atoms with Crippen LogP contribution < -0.4 is 4.74 Å². The second-order valence-corrected chi connectivity index (χ2v) is 4.96. The van der Waals surface area contributed by atoms with Crippen molar-refractivity contribution in [1.29, 1.82) is 0 Å². The third kappa shape index (κ3) is 2.85. The van der Waals surface area contributed by atoms with Crippen molar-refractivity contribution in [2.24, 2.45) is 10.2 Å². The van der Waals surface area contributed by atoms with E-state index in [1.165, 1.54) is 0 Å². The van der Waals surface area contributed by atoms with Gasteiger partial charge in [0.2, 0.25) is 0 Å². The molecule has 2 aromatic carbocycles. The highest BCUT2D eigenvalue weighted by atomic mass is 16.5. The second-order valence-electron chi connectivity index (χ2n) is 4.96. The van der Waals surface area contributed by atoms with E-state index in [0.29, 0.717) is 17.9 Å². The van der Waals surface area contributed by atoms with Crippen LogP contribution in [0.15, 0.2) is 64.8 Å². The van der Waals surface area contributed by atoms with Crippen molar-refractivity contribution < 1.29 is 9.84 Å². The summed E-state index contributed by atoms with van der Waals surface area (Å²) in [6, 6.07) is 15.3. The van der Waals surface area contributed by atoms with E-state index in [0.717, 1.165) is 11.1 Å². The van der Waals surface area contributed by atoms with Gasteiger partial charge in [-0.2, -0.15) is 0 Å². The summed E-state index contributed by atoms with van der Waals surface area (Å²) in [6.45, 7) is 0. The van der Waals surface area contributed by atoms with Gasteiger partial charge in [0.1, 0.15) is 11.4 Å². The number of hydrogen-bond acceptors (Lipinski definition) is 4. The Morgan fingerprint density at radius 3 is 2.71 bits per heavy atom. The molecule has 1 aliphatic carbocycles. The summed E-state index contributed by atoms with van der Waals surface area (Å²) in [6.07, 6.45) is 3.96. The standard InChI is InChI=1S/C17H16N2O2/c1-21-16-9-5-4-8-15(16)18-19-17(20)11-10-13-6-2-3-7-14(13)12-17/h2-11,20H,12H2,1H3. The van der Waals surface area contributed by atoms with Crippen molar-refractivity contribution >= 4 is 11.8 Å². The second kappa shape index (κ2) is 5.50. The summed E-state index contributed by atoms with van der Waals surface area (Å²) >= 11 is 0. The Morgan fingerprint density at radius 1 is 1.10 bits per heavy atom. The van der Waals surface area contributed by atoms with E-state index in [1.54, 1.807) is 19.3 Å². The lowest BCUT2D eigenvalue weighted by molar-refractivity contribution is 0.0933. The zero-order chi connectivity index (χ0) is 14.7. The zero-order valence-corrected chi connectivity index (χ0v) is 11.7. The molecule has 0 heterocycles. The summed E-state index contributed by atoms with van der Waals surface area (Å²) < 4.78 is 5.22. The highest BCUT2D eigenvalue weighted by Crippen LogP contribution is 2.31. The number of rotatable bonds is 3. The van der Waals surface area contributed by atoms with Crippen LogP contribution in [-0.4, -0.2) is 17.9 Å². The maximum absolute atomic E-state index is 10.6. The van der Waals surface area contributed by atoms with Gasteiger partial charge in [-0.15, -0.1) is 10.2 Å². The average Bonchev–Trinajstić information content (AvgIpc) is 2.53. The van der Waals surface area contributed by atoms with Crippen LogP contribution in [0.4, 0.5) is 5.69 Å². The molecule has 4 nitrogen and oxygen atoms in total. The number of para-hydroxylation sites is 1. The first-order valence-corrected chi connectivity index (χ1v) is 6.76. The Labute approximate surface area is 123 Å². The van der Waals surface area contributed by atoms with Crippen LogP contribution in [0, 0.1) is 0 Å². The Bertz CT molecular complexity index is 709. The third-order valence-electron chi connectivity index (χ3n) is 3.45. The molecule has 1 N–H and O–H groups in total. The number of aliphatic hydroxyl groups is 1. The van der Waals surface area contributed by atoms with Crippen LogP contribution in [0.2, 0.25) is 0 Å². The van der Waals surface area contributed by atoms with Gasteiger partial charge in [0.25, 0.3) is 0 Å². The van der Waals surface area contributed by atoms with E-state index in [2.05, 4.69) is 10.2 Å². The van der Waals surface area contributed by atoms with Gasteiger partial charge in [0, 0.05) is 6.42 Å². The van der Waals surface area contributed by atoms with Crippen LogP contribution in [0.25, 0.3) is 6.08 Å². The topological polar surface area (TPSA) is 54.2 Å². The molecule has 0 fully saturated rings. The smallest absolute Gasteiger partial charge is 0.200 e. The van der Waals surface area contributed by atoms with Gasteiger partial charge < -0.3 is 9.84 Å². The minimum absolute atomic E-state index is 0.415. The number of benzene rings is 2. The van der Waals surface area contributed by atoms with Gasteiger partial charge in [-0.25, -0.2) is 0 Å². The molecule has 2 aromatic rings. The largest absolute Gasteiger partial charge is 0.494 e. The quantitative estimate of drug-likeness (QED) is 0.871. The van der Waals surface area contributed by atoms with Crippen LogP contribution in [0.5, 0.6) is 5.75 Å². The first-order chi connectivity index (χ1) is 10.2. The number of nitrogens with zero attached hydrogens (tertiary/aromatic N) is 2. The lowest BCUT2D eigenvalue weighted by Crippen LogP contribution is -2.28. The molecule has 3 rings (SSSR count). The van der Waals surface area contributed by atoms with Gasteiger partial charge in [-0.05, 0) is 29.3 Å². The van der Waals surface area contributed by atoms with E-state index in [1.807, 2.05) is 48.5 Å². The van der Waals surface area contributed by atoms with Crippen molar-refractivity contribution in [3.63, 3.8) is 0 Å². The molecule has 0 radical (unpaired) electrons. The summed E-state index contributed by atoms with van der Waals surface area (Å²) in [5.74, 6) is 0.630. The summed E-state index contributed by atoms with van der Waals surface area (Å²) in [4.78, 5) is 0. The highest BCUT2D eigenvalue weighted by molar-refractivity contribution is 5.58. The van der Waals surface area contributed by atoms with Gasteiger partial charge in [-0.3, -0.25) is 0 Å². The molecule has 0 aliphatic heterocycles. The molecule has 0 spiro atoms. The first kappa shape index (κ1) is 13.5. The van der Waals surface area contributed by atoms with E-state index in [9.17, 15) is 5.11 Å². The summed E-state index contributed by atoms with van der Waals surface area (Å²) in [5, 5.41) is 18.8. The van der Waals surface area contributed by atoms with Crippen LogP contribution in [0.3, 0.4) is 0 Å². The zero-order valence-electron chi connectivity index (χ0n) is 11.7. The molecule has 0 bridgehead atoms. The molecule has 0 saturated carbocycles. The van der Waals surface area contributed by atoms with Crippen LogP contribution in [-0.2, 0) is 6.42 Å². The molecule has 4 heteroatoms. The maximum atomic E-state index is 10.6. The predicted molar refractivity (Wildman–Crippen MR) is 81.6 cm³/mol. The molecule has 1 aliphatic rings. The lowest BCUT2D eigenvalue weighted by atomic mass is 9.92. The van der Waals surface area contributed by atoms with Gasteiger partial charge >= 0.3 is 0 Å². The average molecular weight is 280 g/mol. The van der Waals surface area contributed by atoms with Gasteiger partial charge in [0.15, 0.2) is 5.72 Å². The SMILES string of the molecule is COc1ccccc1N=NC1(O)C=Cc2ccccc2C1. The number of hydrogen-bond donors (Lipinski definition) is 1. The fourth-order valence-corrected chi connectivity index (χ4v) is 2.34. The lowest BCUT2D eigenvalue weighted by Gasteiger charge is -2.23.